The molecule has 0 amide bonds. The van der Waals surface area contributed by atoms with Crippen molar-refractivity contribution < 1.29 is 9.84 Å². The maximum absolute atomic E-state index is 10.9. The topological polar surface area (TPSA) is 29.5 Å². The van der Waals surface area contributed by atoms with Gasteiger partial charge in [-0.3, -0.25) is 0 Å². The fourth-order valence-corrected chi connectivity index (χ4v) is 4.74. The number of hydrogen-bond acceptors (Lipinski definition) is 2. The number of rotatable bonds is 5. The molecule has 1 spiro atoms. The first-order valence-corrected chi connectivity index (χ1v) is 10.6. The summed E-state index contributed by atoms with van der Waals surface area (Å²) >= 11 is 0. The van der Waals surface area contributed by atoms with Gasteiger partial charge in [-0.15, -0.1) is 0 Å². The highest BCUT2D eigenvalue weighted by atomic mass is 16.5. The fourth-order valence-electron chi connectivity index (χ4n) is 4.74. The number of benzene rings is 1. The van der Waals surface area contributed by atoms with Crippen molar-refractivity contribution in [2.45, 2.75) is 92.1 Å². The van der Waals surface area contributed by atoms with Crippen molar-refractivity contribution in [2.24, 2.45) is 5.92 Å². The second kappa shape index (κ2) is 7.73. The molecular weight excluding hydrogens is 332 g/mol. The monoisotopic (exact) mass is 368 g/mol. The Morgan fingerprint density at radius 2 is 1.85 bits per heavy atom. The number of phenolic OH excluding ortho intramolecular Hbond substituents is 1. The molecule has 1 saturated carbocycles. The van der Waals surface area contributed by atoms with E-state index in [4.69, 9.17) is 4.74 Å². The van der Waals surface area contributed by atoms with Crippen LogP contribution in [0.4, 0.5) is 0 Å². The third-order valence-electron chi connectivity index (χ3n) is 6.51. The van der Waals surface area contributed by atoms with Crippen molar-refractivity contribution in [1.82, 2.24) is 0 Å². The van der Waals surface area contributed by atoms with Gasteiger partial charge in [-0.1, -0.05) is 30.2 Å². The lowest BCUT2D eigenvalue weighted by Gasteiger charge is -2.46. The number of phenols is 1. The molecule has 0 saturated heterocycles. The first-order chi connectivity index (χ1) is 12.7. The minimum absolute atomic E-state index is 0.0873. The van der Waals surface area contributed by atoms with E-state index in [1.165, 1.54) is 36.0 Å². The molecule has 148 valence electrons. The van der Waals surface area contributed by atoms with Gasteiger partial charge in [-0.05, 0) is 96.6 Å². The maximum Gasteiger partial charge on any atom is 0.127 e. The van der Waals surface area contributed by atoms with Crippen LogP contribution in [0.2, 0.25) is 0 Å². The normalized spacial score (nSPS) is 19.1. The van der Waals surface area contributed by atoms with E-state index in [2.05, 4.69) is 46.8 Å². The summed E-state index contributed by atoms with van der Waals surface area (Å²) in [6.07, 6.45) is 12.3. The van der Waals surface area contributed by atoms with Gasteiger partial charge in [-0.2, -0.15) is 0 Å². The lowest BCUT2D eigenvalue weighted by Crippen LogP contribution is -2.46. The zero-order chi connectivity index (χ0) is 19.8. The summed E-state index contributed by atoms with van der Waals surface area (Å²) in [7, 11) is 0. The van der Waals surface area contributed by atoms with Gasteiger partial charge in [0.2, 0.25) is 0 Å². The zero-order valence-corrected chi connectivity index (χ0v) is 18.0. The number of aromatic hydroxyl groups is 1. The second-order valence-electron chi connectivity index (χ2n) is 9.20. The molecule has 3 rings (SSSR count). The average Bonchev–Trinajstić information content (AvgIpc) is 2.57. The molecule has 0 bridgehead atoms. The molecule has 2 heteroatoms. The van der Waals surface area contributed by atoms with Crippen LogP contribution in [0.5, 0.6) is 11.5 Å². The molecule has 0 radical (unpaired) electrons. The van der Waals surface area contributed by atoms with E-state index < -0.39 is 0 Å². The van der Waals surface area contributed by atoms with Crippen LogP contribution < -0.4 is 4.74 Å². The number of fused-ring (bicyclic) bond motifs is 1. The van der Waals surface area contributed by atoms with Crippen molar-refractivity contribution in [3.05, 3.63) is 45.6 Å². The molecule has 1 N–H and O–H groups in total. The predicted molar refractivity (Wildman–Crippen MR) is 114 cm³/mol. The SMILES string of the molecule is CC(C)=CC(C)C/C(C)=C/Cc1c(O)c(C)c(C)c2c1CCC1(CCC1)O2. The van der Waals surface area contributed by atoms with Gasteiger partial charge in [0.1, 0.15) is 17.1 Å². The van der Waals surface area contributed by atoms with Gasteiger partial charge in [-0.25, -0.2) is 0 Å². The molecule has 0 aromatic heterocycles. The van der Waals surface area contributed by atoms with Crippen molar-refractivity contribution in [2.75, 3.05) is 0 Å². The van der Waals surface area contributed by atoms with Crippen molar-refractivity contribution >= 4 is 0 Å². The Bertz CT molecular complexity index is 774. The largest absolute Gasteiger partial charge is 0.507 e. The molecule has 1 aromatic rings. The Kier molecular flexibility index (Phi) is 5.74. The zero-order valence-electron chi connectivity index (χ0n) is 18.0. The summed E-state index contributed by atoms with van der Waals surface area (Å²) in [5.74, 6) is 2.09. The summed E-state index contributed by atoms with van der Waals surface area (Å²) in [4.78, 5) is 0. The quantitative estimate of drug-likeness (QED) is 0.583. The first kappa shape index (κ1) is 20.0. The summed E-state index contributed by atoms with van der Waals surface area (Å²) < 4.78 is 6.54. The van der Waals surface area contributed by atoms with Gasteiger partial charge in [0.25, 0.3) is 0 Å². The fraction of sp³-hybridized carbons (Fsp3) is 0.600. The number of allylic oxidation sites excluding steroid dienone is 4. The molecule has 1 atom stereocenters. The summed E-state index contributed by atoms with van der Waals surface area (Å²) in [5, 5.41) is 10.9. The summed E-state index contributed by atoms with van der Waals surface area (Å²) in [6.45, 7) is 12.9. The highest BCUT2D eigenvalue weighted by Gasteiger charge is 2.43. The second-order valence-corrected chi connectivity index (χ2v) is 9.20. The molecular formula is C25H36O2. The van der Waals surface area contributed by atoms with E-state index in [-0.39, 0.29) is 5.60 Å². The van der Waals surface area contributed by atoms with Crippen LogP contribution >= 0.6 is 0 Å². The standard InChI is InChI=1S/C25H36O2/c1-16(2)14-18(4)15-17(3)8-9-21-22-10-13-25(11-7-12-25)27-24(22)20(6)19(5)23(21)26/h8,14,18,26H,7,9-13,15H2,1-6H3/b17-8+. The molecule has 1 aliphatic carbocycles. The van der Waals surface area contributed by atoms with Crippen LogP contribution in [-0.2, 0) is 12.8 Å². The molecule has 1 aliphatic heterocycles. The van der Waals surface area contributed by atoms with Gasteiger partial charge in [0.15, 0.2) is 0 Å². The van der Waals surface area contributed by atoms with Gasteiger partial charge < -0.3 is 9.84 Å². The van der Waals surface area contributed by atoms with E-state index in [9.17, 15) is 5.11 Å². The Morgan fingerprint density at radius 3 is 2.44 bits per heavy atom. The van der Waals surface area contributed by atoms with Crippen LogP contribution in [-0.4, -0.2) is 10.7 Å². The molecule has 27 heavy (non-hydrogen) atoms. The summed E-state index contributed by atoms with van der Waals surface area (Å²) in [6, 6.07) is 0. The van der Waals surface area contributed by atoms with Crippen LogP contribution in [0, 0.1) is 19.8 Å². The molecule has 1 heterocycles. The number of ether oxygens (including phenoxy) is 1. The Hall–Kier alpha value is -1.70. The van der Waals surface area contributed by atoms with Gasteiger partial charge in [0, 0.05) is 11.1 Å². The highest BCUT2D eigenvalue weighted by molar-refractivity contribution is 5.59. The van der Waals surface area contributed by atoms with Gasteiger partial charge in [0.05, 0.1) is 0 Å². The predicted octanol–water partition coefficient (Wildman–Crippen LogP) is 6.74. The average molecular weight is 369 g/mol. The maximum atomic E-state index is 10.9. The summed E-state index contributed by atoms with van der Waals surface area (Å²) in [5.41, 5.74) is 7.27. The third kappa shape index (κ3) is 4.10. The molecule has 1 unspecified atom stereocenters. The molecule has 1 fully saturated rings. The Labute approximate surface area is 165 Å². The van der Waals surface area contributed by atoms with E-state index in [0.717, 1.165) is 48.1 Å². The Morgan fingerprint density at radius 1 is 1.15 bits per heavy atom. The lowest BCUT2D eigenvalue weighted by molar-refractivity contribution is -0.0258. The first-order valence-electron chi connectivity index (χ1n) is 10.6. The van der Waals surface area contributed by atoms with Crippen LogP contribution in [0.1, 0.15) is 82.1 Å². The van der Waals surface area contributed by atoms with Crippen molar-refractivity contribution in [3.8, 4) is 11.5 Å². The van der Waals surface area contributed by atoms with Crippen molar-refractivity contribution in [3.63, 3.8) is 0 Å². The third-order valence-corrected chi connectivity index (χ3v) is 6.51. The highest BCUT2D eigenvalue weighted by Crippen LogP contribution is 2.49. The van der Waals surface area contributed by atoms with E-state index in [0.29, 0.717) is 11.7 Å². The smallest absolute Gasteiger partial charge is 0.127 e. The lowest BCUT2D eigenvalue weighted by atomic mass is 9.73. The molecule has 1 aromatic carbocycles. The Balaban J connectivity index is 1.85. The van der Waals surface area contributed by atoms with E-state index >= 15 is 0 Å². The number of hydrogen-bond donors (Lipinski definition) is 1. The minimum atomic E-state index is 0.0873. The molecule has 2 nitrogen and oxygen atoms in total. The van der Waals surface area contributed by atoms with E-state index in [1.54, 1.807) is 0 Å². The van der Waals surface area contributed by atoms with Gasteiger partial charge >= 0.3 is 0 Å². The minimum Gasteiger partial charge on any atom is -0.507 e. The van der Waals surface area contributed by atoms with Crippen LogP contribution in [0.3, 0.4) is 0 Å². The van der Waals surface area contributed by atoms with E-state index in [1.807, 2.05) is 6.92 Å². The van der Waals surface area contributed by atoms with Crippen LogP contribution in [0.25, 0.3) is 0 Å². The van der Waals surface area contributed by atoms with Crippen LogP contribution in [0.15, 0.2) is 23.3 Å². The van der Waals surface area contributed by atoms with Crippen molar-refractivity contribution in [1.29, 1.82) is 0 Å². The molecule has 2 aliphatic rings.